The van der Waals surface area contributed by atoms with Crippen LogP contribution in [-0.4, -0.2) is 41.2 Å². The fraction of sp³-hybridized carbons (Fsp3) is 0.120. The van der Waals surface area contributed by atoms with Crippen LogP contribution in [0, 0.1) is 0 Å². The lowest BCUT2D eigenvalue weighted by Gasteiger charge is -2.24. The Morgan fingerprint density at radius 1 is 0.879 bits per heavy atom. The molecule has 1 atom stereocenters. The molecule has 1 heterocycles. The van der Waals surface area contributed by atoms with Gasteiger partial charge < -0.3 is 10.1 Å². The molecular formula is C25H19ClN2O5. The largest absolute Gasteiger partial charge is 0.454 e. The molecule has 0 radical (unpaired) electrons. The van der Waals surface area contributed by atoms with E-state index in [1.807, 2.05) is 6.07 Å². The lowest BCUT2D eigenvalue weighted by atomic mass is 10.0. The van der Waals surface area contributed by atoms with Crippen molar-refractivity contribution in [1.29, 1.82) is 0 Å². The normalized spacial score (nSPS) is 13.4. The van der Waals surface area contributed by atoms with Gasteiger partial charge in [0.2, 0.25) is 0 Å². The second-order valence-corrected chi connectivity index (χ2v) is 7.83. The highest BCUT2D eigenvalue weighted by molar-refractivity contribution is 6.30. The summed E-state index contributed by atoms with van der Waals surface area (Å²) in [5.74, 6) is -2.57. The number of imide groups is 1. The molecule has 166 valence electrons. The SMILES string of the molecule is O=C(COC(=O)[C@H](Cc1ccccc1)N1C(=O)c2ccccc2C1=O)Nc1cccc(Cl)c1. The molecule has 0 aliphatic carbocycles. The topological polar surface area (TPSA) is 92.8 Å². The molecule has 0 fully saturated rings. The third-order valence-corrected chi connectivity index (χ3v) is 5.37. The molecule has 3 aromatic carbocycles. The molecule has 0 spiro atoms. The Balaban J connectivity index is 1.51. The second-order valence-electron chi connectivity index (χ2n) is 7.40. The Bertz CT molecular complexity index is 1190. The first-order valence-electron chi connectivity index (χ1n) is 10.2. The number of carbonyl (C=O) groups excluding carboxylic acids is 4. The van der Waals surface area contributed by atoms with E-state index in [0.717, 1.165) is 10.5 Å². The highest BCUT2D eigenvalue weighted by atomic mass is 35.5. The average molecular weight is 463 g/mol. The van der Waals surface area contributed by atoms with Crippen molar-refractivity contribution in [3.63, 3.8) is 0 Å². The number of carbonyl (C=O) groups is 4. The Kier molecular flexibility index (Phi) is 6.51. The van der Waals surface area contributed by atoms with E-state index in [1.165, 1.54) is 0 Å². The van der Waals surface area contributed by atoms with Gasteiger partial charge >= 0.3 is 5.97 Å². The highest BCUT2D eigenvalue weighted by Crippen LogP contribution is 2.26. The van der Waals surface area contributed by atoms with Crippen LogP contribution in [0.25, 0.3) is 0 Å². The fourth-order valence-corrected chi connectivity index (χ4v) is 3.79. The van der Waals surface area contributed by atoms with Crippen molar-refractivity contribution < 1.29 is 23.9 Å². The maximum Gasteiger partial charge on any atom is 0.330 e. The first kappa shape index (κ1) is 22.2. The van der Waals surface area contributed by atoms with Gasteiger partial charge in [0.05, 0.1) is 11.1 Å². The molecule has 3 amide bonds. The van der Waals surface area contributed by atoms with Gasteiger partial charge in [0.1, 0.15) is 6.04 Å². The molecule has 8 heteroatoms. The number of anilines is 1. The molecule has 1 aliphatic rings. The molecule has 0 bridgehead atoms. The van der Waals surface area contributed by atoms with Crippen molar-refractivity contribution in [1.82, 2.24) is 4.90 Å². The van der Waals surface area contributed by atoms with Crippen LogP contribution >= 0.6 is 11.6 Å². The van der Waals surface area contributed by atoms with Gasteiger partial charge in [-0.3, -0.25) is 19.3 Å². The van der Waals surface area contributed by atoms with E-state index in [9.17, 15) is 19.2 Å². The van der Waals surface area contributed by atoms with Gasteiger partial charge in [-0.1, -0.05) is 60.1 Å². The Morgan fingerprint density at radius 2 is 1.52 bits per heavy atom. The maximum atomic E-state index is 13.0. The van der Waals surface area contributed by atoms with Crippen LogP contribution in [0.5, 0.6) is 0 Å². The Morgan fingerprint density at radius 3 is 2.15 bits per heavy atom. The zero-order chi connectivity index (χ0) is 23.4. The maximum absolute atomic E-state index is 13.0. The van der Waals surface area contributed by atoms with E-state index in [0.29, 0.717) is 10.7 Å². The lowest BCUT2D eigenvalue weighted by molar-refractivity contribution is -0.151. The van der Waals surface area contributed by atoms with Crippen molar-refractivity contribution in [2.24, 2.45) is 0 Å². The van der Waals surface area contributed by atoms with E-state index in [4.69, 9.17) is 16.3 Å². The lowest BCUT2D eigenvalue weighted by Crippen LogP contribution is -2.47. The second kappa shape index (κ2) is 9.67. The number of fused-ring (bicyclic) bond motifs is 1. The molecule has 1 N–H and O–H groups in total. The van der Waals surface area contributed by atoms with Crippen molar-refractivity contribution in [2.45, 2.75) is 12.5 Å². The van der Waals surface area contributed by atoms with Crippen LogP contribution in [0.15, 0.2) is 78.9 Å². The minimum atomic E-state index is -1.22. The van der Waals surface area contributed by atoms with E-state index in [-0.39, 0.29) is 17.5 Å². The number of hydrogen-bond donors (Lipinski definition) is 1. The summed E-state index contributed by atoms with van der Waals surface area (Å²) in [4.78, 5) is 52.1. The average Bonchev–Trinajstić information content (AvgIpc) is 3.07. The summed E-state index contributed by atoms with van der Waals surface area (Å²) in [7, 11) is 0. The van der Waals surface area contributed by atoms with Crippen LogP contribution in [0.3, 0.4) is 0 Å². The number of rotatable bonds is 7. The third-order valence-electron chi connectivity index (χ3n) is 5.14. The minimum absolute atomic E-state index is 0.0566. The van der Waals surface area contributed by atoms with Crippen LogP contribution in [0.4, 0.5) is 5.69 Å². The number of benzene rings is 3. The predicted octanol–water partition coefficient (Wildman–Crippen LogP) is 3.73. The number of nitrogens with one attached hydrogen (secondary N) is 1. The van der Waals surface area contributed by atoms with Gasteiger partial charge in [-0.25, -0.2) is 4.79 Å². The number of ether oxygens (including phenoxy) is 1. The summed E-state index contributed by atoms with van der Waals surface area (Å²) in [5, 5.41) is 3.02. The molecule has 3 aromatic rings. The molecule has 1 aliphatic heterocycles. The van der Waals surface area contributed by atoms with Crippen LogP contribution in [0.2, 0.25) is 5.02 Å². The van der Waals surface area contributed by atoms with Gasteiger partial charge in [-0.2, -0.15) is 0 Å². The standard InChI is InChI=1S/C25H19ClN2O5/c26-17-9-6-10-18(14-17)27-22(29)15-33-25(32)21(13-16-7-2-1-3-8-16)28-23(30)19-11-4-5-12-20(19)24(28)31/h1-12,14,21H,13,15H2,(H,27,29)/t21-/m0/s1. The van der Waals surface area contributed by atoms with Crippen molar-refractivity contribution in [3.8, 4) is 0 Å². The summed E-state index contributed by atoms with van der Waals surface area (Å²) < 4.78 is 5.22. The molecule has 4 rings (SSSR count). The highest BCUT2D eigenvalue weighted by Gasteiger charge is 2.43. The number of esters is 1. The summed E-state index contributed by atoms with van der Waals surface area (Å²) in [6.07, 6.45) is 0.0566. The Labute approximate surface area is 194 Å². The summed E-state index contributed by atoms with van der Waals surface area (Å²) in [6, 6.07) is 20.6. The van der Waals surface area contributed by atoms with Crippen LogP contribution in [-0.2, 0) is 20.7 Å². The summed E-state index contributed by atoms with van der Waals surface area (Å²) in [6.45, 7) is -0.584. The number of halogens is 1. The summed E-state index contributed by atoms with van der Waals surface area (Å²) in [5.41, 5.74) is 1.64. The first-order chi connectivity index (χ1) is 15.9. The Hall–Kier alpha value is -3.97. The zero-order valence-corrected chi connectivity index (χ0v) is 18.1. The first-order valence-corrected chi connectivity index (χ1v) is 10.5. The molecule has 0 unspecified atom stereocenters. The van der Waals surface area contributed by atoms with E-state index < -0.39 is 36.3 Å². The smallest absolute Gasteiger partial charge is 0.330 e. The number of hydrogen-bond acceptors (Lipinski definition) is 5. The number of nitrogens with zero attached hydrogens (tertiary/aromatic N) is 1. The fourth-order valence-electron chi connectivity index (χ4n) is 3.60. The van der Waals surface area contributed by atoms with Gasteiger partial charge in [-0.05, 0) is 35.9 Å². The molecular weight excluding hydrogens is 444 g/mol. The molecule has 33 heavy (non-hydrogen) atoms. The van der Waals surface area contributed by atoms with Gasteiger partial charge in [-0.15, -0.1) is 0 Å². The van der Waals surface area contributed by atoms with E-state index in [2.05, 4.69) is 5.32 Å². The zero-order valence-electron chi connectivity index (χ0n) is 17.4. The summed E-state index contributed by atoms with van der Waals surface area (Å²) >= 11 is 5.91. The van der Waals surface area contributed by atoms with Gasteiger partial charge in [0.15, 0.2) is 6.61 Å². The molecule has 0 aromatic heterocycles. The quantitative estimate of drug-likeness (QED) is 0.426. The van der Waals surface area contributed by atoms with Gasteiger partial charge in [0, 0.05) is 17.1 Å². The molecule has 7 nitrogen and oxygen atoms in total. The van der Waals surface area contributed by atoms with Gasteiger partial charge in [0.25, 0.3) is 17.7 Å². The van der Waals surface area contributed by atoms with E-state index in [1.54, 1.807) is 72.8 Å². The van der Waals surface area contributed by atoms with Crippen molar-refractivity contribution in [3.05, 3.63) is 101 Å². The predicted molar refractivity (Wildman–Crippen MR) is 122 cm³/mol. The van der Waals surface area contributed by atoms with Crippen LogP contribution < -0.4 is 5.32 Å². The molecule has 0 saturated heterocycles. The third kappa shape index (κ3) is 4.94. The van der Waals surface area contributed by atoms with Crippen LogP contribution in [0.1, 0.15) is 26.3 Å². The monoisotopic (exact) mass is 462 g/mol. The minimum Gasteiger partial charge on any atom is -0.454 e. The van der Waals surface area contributed by atoms with Crippen molar-refractivity contribution in [2.75, 3.05) is 11.9 Å². The van der Waals surface area contributed by atoms with Crippen molar-refractivity contribution >= 4 is 41.0 Å². The van der Waals surface area contributed by atoms with E-state index >= 15 is 0 Å². The number of amides is 3. The molecule has 0 saturated carbocycles.